The number of benzene rings is 2. The first kappa shape index (κ1) is 22.4. The number of nitrogens with zero attached hydrogens (tertiary/aromatic N) is 1. The van der Waals surface area contributed by atoms with Crippen molar-refractivity contribution in [2.24, 2.45) is 5.10 Å². The van der Waals surface area contributed by atoms with E-state index in [4.69, 9.17) is 9.47 Å². The Morgan fingerprint density at radius 2 is 1.97 bits per heavy atom. The molecule has 1 unspecified atom stereocenters. The standard InChI is InChI=1S/C21H24BrN3O4/c1-4-11-29-18-10-9-15(12-19(18)28-3)13-23-25-20(26)14(2)24-21(27)16-7-5-6-8-17(16)22/h5-10,12-14H,4,11H2,1-3H3,(H,24,27)(H,25,26). The molecule has 0 spiro atoms. The van der Waals surface area contributed by atoms with Crippen LogP contribution in [0.5, 0.6) is 11.5 Å². The minimum atomic E-state index is -0.758. The molecule has 2 N–H and O–H groups in total. The molecule has 0 radical (unpaired) electrons. The highest BCUT2D eigenvalue weighted by molar-refractivity contribution is 9.10. The largest absolute Gasteiger partial charge is 0.493 e. The summed E-state index contributed by atoms with van der Waals surface area (Å²) in [6, 6.07) is 11.6. The second-order valence-corrected chi connectivity index (χ2v) is 7.02. The summed E-state index contributed by atoms with van der Waals surface area (Å²) in [5.74, 6) is 0.453. The van der Waals surface area contributed by atoms with Crippen molar-refractivity contribution < 1.29 is 19.1 Å². The van der Waals surface area contributed by atoms with Crippen LogP contribution in [0.15, 0.2) is 52.0 Å². The zero-order chi connectivity index (χ0) is 21.2. The second-order valence-electron chi connectivity index (χ2n) is 6.17. The molecule has 8 heteroatoms. The Bertz CT molecular complexity index is 886. The predicted molar refractivity (Wildman–Crippen MR) is 116 cm³/mol. The van der Waals surface area contributed by atoms with Gasteiger partial charge in [0.15, 0.2) is 11.5 Å². The van der Waals surface area contributed by atoms with Gasteiger partial charge in [0.1, 0.15) is 6.04 Å². The molecule has 0 saturated heterocycles. The first-order valence-electron chi connectivity index (χ1n) is 9.15. The summed E-state index contributed by atoms with van der Waals surface area (Å²) in [6.07, 6.45) is 2.39. The van der Waals surface area contributed by atoms with E-state index in [-0.39, 0.29) is 5.91 Å². The lowest BCUT2D eigenvalue weighted by Crippen LogP contribution is -2.43. The van der Waals surface area contributed by atoms with E-state index in [0.29, 0.717) is 28.1 Å². The third-order valence-corrected chi connectivity index (χ3v) is 4.59. The van der Waals surface area contributed by atoms with Crippen LogP contribution >= 0.6 is 15.9 Å². The van der Waals surface area contributed by atoms with Crippen molar-refractivity contribution in [3.8, 4) is 11.5 Å². The van der Waals surface area contributed by atoms with Crippen LogP contribution in [0, 0.1) is 0 Å². The summed E-state index contributed by atoms with van der Waals surface area (Å²) >= 11 is 3.32. The number of carbonyl (C=O) groups excluding carboxylic acids is 2. The molecule has 0 aliphatic rings. The fourth-order valence-corrected chi connectivity index (χ4v) is 2.81. The Labute approximate surface area is 178 Å². The van der Waals surface area contributed by atoms with E-state index < -0.39 is 11.9 Å². The summed E-state index contributed by atoms with van der Waals surface area (Å²) in [5.41, 5.74) is 3.61. The number of halogens is 1. The van der Waals surface area contributed by atoms with Gasteiger partial charge in [-0.15, -0.1) is 0 Å². The van der Waals surface area contributed by atoms with Crippen LogP contribution < -0.4 is 20.2 Å². The molecule has 0 bridgehead atoms. The van der Waals surface area contributed by atoms with Crippen molar-refractivity contribution in [1.29, 1.82) is 0 Å². The molecule has 0 aromatic heterocycles. The smallest absolute Gasteiger partial charge is 0.262 e. The van der Waals surface area contributed by atoms with Crippen LogP contribution in [-0.4, -0.2) is 37.8 Å². The Hall–Kier alpha value is -2.87. The van der Waals surface area contributed by atoms with E-state index >= 15 is 0 Å². The summed E-state index contributed by atoms with van der Waals surface area (Å²) in [4.78, 5) is 24.5. The first-order valence-corrected chi connectivity index (χ1v) is 9.94. The van der Waals surface area contributed by atoms with Gasteiger partial charge in [-0.05, 0) is 65.2 Å². The fraction of sp³-hybridized carbons (Fsp3) is 0.286. The van der Waals surface area contributed by atoms with Crippen LogP contribution in [0.25, 0.3) is 0 Å². The Morgan fingerprint density at radius 1 is 1.21 bits per heavy atom. The van der Waals surface area contributed by atoms with Crippen LogP contribution in [0.4, 0.5) is 0 Å². The fourth-order valence-electron chi connectivity index (χ4n) is 2.35. The normalized spacial score (nSPS) is 11.7. The van der Waals surface area contributed by atoms with Gasteiger partial charge in [-0.3, -0.25) is 9.59 Å². The van der Waals surface area contributed by atoms with E-state index in [0.717, 1.165) is 12.0 Å². The number of ether oxygens (including phenoxy) is 2. The molecule has 0 aliphatic carbocycles. The van der Waals surface area contributed by atoms with Gasteiger partial charge in [-0.2, -0.15) is 5.10 Å². The summed E-state index contributed by atoms with van der Waals surface area (Å²) in [5, 5.41) is 6.59. The summed E-state index contributed by atoms with van der Waals surface area (Å²) in [6.45, 7) is 4.21. The van der Waals surface area contributed by atoms with E-state index in [1.807, 2.05) is 13.0 Å². The van der Waals surface area contributed by atoms with Gasteiger partial charge in [0, 0.05) is 4.47 Å². The number of hydrogen-bond donors (Lipinski definition) is 2. The third kappa shape index (κ3) is 6.60. The number of nitrogens with one attached hydrogen (secondary N) is 2. The predicted octanol–water partition coefficient (Wildman–Crippen LogP) is 3.52. The Balaban J connectivity index is 1.93. The molecule has 0 heterocycles. The second kappa shape index (κ2) is 11.2. The van der Waals surface area contributed by atoms with Crippen molar-refractivity contribution in [3.63, 3.8) is 0 Å². The molecule has 0 saturated carbocycles. The van der Waals surface area contributed by atoms with Crippen LogP contribution in [0.1, 0.15) is 36.2 Å². The zero-order valence-electron chi connectivity index (χ0n) is 16.6. The van der Waals surface area contributed by atoms with Gasteiger partial charge < -0.3 is 14.8 Å². The monoisotopic (exact) mass is 461 g/mol. The average molecular weight is 462 g/mol. The van der Waals surface area contributed by atoms with Crippen LogP contribution in [0.2, 0.25) is 0 Å². The topological polar surface area (TPSA) is 89.0 Å². The molecule has 154 valence electrons. The number of amides is 2. The van der Waals surface area contributed by atoms with Crippen LogP contribution in [-0.2, 0) is 4.79 Å². The molecular formula is C21H24BrN3O4. The van der Waals surface area contributed by atoms with Crippen molar-refractivity contribution >= 4 is 34.0 Å². The molecule has 2 rings (SSSR count). The minimum absolute atomic E-state index is 0.350. The number of hydrogen-bond acceptors (Lipinski definition) is 5. The highest BCUT2D eigenvalue weighted by atomic mass is 79.9. The number of methoxy groups -OCH3 is 1. The number of hydrazone groups is 1. The van der Waals surface area contributed by atoms with Gasteiger partial charge in [0.25, 0.3) is 11.8 Å². The maximum Gasteiger partial charge on any atom is 0.262 e. The lowest BCUT2D eigenvalue weighted by atomic mass is 10.2. The van der Waals surface area contributed by atoms with Gasteiger partial charge in [0.05, 0.1) is 25.5 Å². The summed E-state index contributed by atoms with van der Waals surface area (Å²) < 4.78 is 11.6. The van der Waals surface area contributed by atoms with E-state index in [9.17, 15) is 9.59 Å². The third-order valence-electron chi connectivity index (χ3n) is 3.90. The molecule has 2 aromatic carbocycles. The van der Waals surface area contributed by atoms with Gasteiger partial charge >= 0.3 is 0 Å². The number of rotatable bonds is 9. The molecule has 1 atom stereocenters. The van der Waals surface area contributed by atoms with Crippen molar-refractivity contribution in [3.05, 3.63) is 58.1 Å². The molecular weight excluding hydrogens is 438 g/mol. The van der Waals surface area contributed by atoms with Crippen molar-refractivity contribution in [1.82, 2.24) is 10.7 Å². The molecule has 2 amide bonds. The number of carbonyl (C=O) groups is 2. The average Bonchev–Trinajstić information content (AvgIpc) is 2.72. The maximum atomic E-state index is 12.3. The van der Waals surface area contributed by atoms with Gasteiger partial charge in [-0.25, -0.2) is 5.43 Å². The highest BCUT2D eigenvalue weighted by Gasteiger charge is 2.17. The molecule has 7 nitrogen and oxygen atoms in total. The molecule has 0 aliphatic heterocycles. The van der Waals surface area contributed by atoms with E-state index in [1.54, 1.807) is 50.4 Å². The molecule has 2 aromatic rings. The van der Waals surface area contributed by atoms with Crippen molar-refractivity contribution in [2.45, 2.75) is 26.3 Å². The van der Waals surface area contributed by atoms with E-state index in [1.165, 1.54) is 6.21 Å². The molecule has 0 fully saturated rings. The van der Waals surface area contributed by atoms with E-state index in [2.05, 4.69) is 31.8 Å². The van der Waals surface area contributed by atoms with Crippen LogP contribution in [0.3, 0.4) is 0 Å². The van der Waals surface area contributed by atoms with Crippen molar-refractivity contribution in [2.75, 3.05) is 13.7 Å². The quantitative estimate of drug-likeness (QED) is 0.441. The maximum absolute atomic E-state index is 12.3. The lowest BCUT2D eigenvalue weighted by Gasteiger charge is -2.13. The Morgan fingerprint density at radius 3 is 2.66 bits per heavy atom. The Kier molecular flexibility index (Phi) is 8.67. The lowest BCUT2D eigenvalue weighted by molar-refractivity contribution is -0.122. The summed E-state index contributed by atoms with van der Waals surface area (Å²) in [7, 11) is 1.56. The van der Waals surface area contributed by atoms with Gasteiger partial charge in [0.2, 0.25) is 0 Å². The zero-order valence-corrected chi connectivity index (χ0v) is 18.2. The highest BCUT2D eigenvalue weighted by Crippen LogP contribution is 2.27. The first-order chi connectivity index (χ1) is 14.0. The SMILES string of the molecule is CCCOc1ccc(C=NNC(=O)C(C)NC(=O)c2ccccc2Br)cc1OC. The minimum Gasteiger partial charge on any atom is -0.493 e. The van der Waals surface area contributed by atoms with Gasteiger partial charge in [-0.1, -0.05) is 19.1 Å². The molecule has 29 heavy (non-hydrogen) atoms.